The van der Waals surface area contributed by atoms with Gasteiger partial charge in [-0.15, -0.1) is 0 Å². The van der Waals surface area contributed by atoms with Gasteiger partial charge < -0.3 is 8.98 Å². The SMILES string of the molecule is Cc1nc(-c2cc(-c3cccc(S(C)(=O)=O)c3)ccc2-n2cc(C(F)(F)F)nc2C)co1. The molecule has 10 heteroatoms. The van der Waals surface area contributed by atoms with Gasteiger partial charge in [-0.3, -0.25) is 0 Å². The number of oxazole rings is 1. The van der Waals surface area contributed by atoms with E-state index >= 15 is 0 Å². The summed E-state index contributed by atoms with van der Waals surface area (Å²) in [6, 6.07) is 11.5. The summed E-state index contributed by atoms with van der Waals surface area (Å²) in [7, 11) is -3.41. The van der Waals surface area contributed by atoms with Crippen LogP contribution in [0, 0.1) is 13.8 Å². The Kier molecular flexibility index (Phi) is 5.20. The lowest BCUT2D eigenvalue weighted by molar-refractivity contribution is -0.141. The molecule has 0 spiro atoms. The fourth-order valence-corrected chi connectivity index (χ4v) is 4.04. The van der Waals surface area contributed by atoms with Gasteiger partial charge in [0.1, 0.15) is 17.8 Å². The van der Waals surface area contributed by atoms with E-state index in [9.17, 15) is 21.6 Å². The highest BCUT2D eigenvalue weighted by atomic mass is 32.2. The van der Waals surface area contributed by atoms with Crippen LogP contribution in [-0.4, -0.2) is 29.2 Å². The molecule has 0 saturated carbocycles. The second-order valence-electron chi connectivity index (χ2n) is 7.32. The molecule has 0 aliphatic carbocycles. The summed E-state index contributed by atoms with van der Waals surface area (Å²) in [5.41, 5.74) is 1.69. The number of imidazole rings is 1. The van der Waals surface area contributed by atoms with E-state index in [0.29, 0.717) is 34.0 Å². The van der Waals surface area contributed by atoms with Crippen LogP contribution in [0.4, 0.5) is 13.2 Å². The van der Waals surface area contributed by atoms with Gasteiger partial charge in [0.2, 0.25) is 0 Å². The topological polar surface area (TPSA) is 78.0 Å². The zero-order valence-electron chi connectivity index (χ0n) is 17.3. The van der Waals surface area contributed by atoms with Crippen molar-refractivity contribution in [3.05, 3.63) is 72.3 Å². The maximum absolute atomic E-state index is 13.2. The van der Waals surface area contributed by atoms with Crippen molar-refractivity contribution in [2.75, 3.05) is 6.26 Å². The van der Waals surface area contributed by atoms with Crippen molar-refractivity contribution in [2.45, 2.75) is 24.9 Å². The predicted molar refractivity (Wildman–Crippen MR) is 112 cm³/mol. The molecule has 0 saturated heterocycles. The average molecular weight is 461 g/mol. The Morgan fingerprint density at radius 1 is 1.00 bits per heavy atom. The first-order valence-electron chi connectivity index (χ1n) is 9.44. The van der Waals surface area contributed by atoms with Crippen molar-refractivity contribution in [1.82, 2.24) is 14.5 Å². The van der Waals surface area contributed by atoms with E-state index < -0.39 is 21.7 Å². The van der Waals surface area contributed by atoms with Gasteiger partial charge in [0.15, 0.2) is 21.4 Å². The average Bonchev–Trinajstić information content (AvgIpc) is 3.32. The Morgan fingerprint density at radius 2 is 1.72 bits per heavy atom. The molecule has 0 aliphatic heterocycles. The highest BCUT2D eigenvalue weighted by Gasteiger charge is 2.34. The van der Waals surface area contributed by atoms with E-state index in [0.717, 1.165) is 12.5 Å². The van der Waals surface area contributed by atoms with Gasteiger partial charge in [-0.1, -0.05) is 18.2 Å². The highest BCUT2D eigenvalue weighted by molar-refractivity contribution is 7.90. The van der Waals surface area contributed by atoms with Gasteiger partial charge >= 0.3 is 6.18 Å². The van der Waals surface area contributed by atoms with E-state index in [1.807, 2.05) is 0 Å². The molecule has 2 aromatic heterocycles. The highest BCUT2D eigenvalue weighted by Crippen LogP contribution is 2.35. The van der Waals surface area contributed by atoms with Crippen LogP contribution in [0.3, 0.4) is 0 Å². The molecule has 0 atom stereocenters. The van der Waals surface area contributed by atoms with Crippen molar-refractivity contribution in [3.8, 4) is 28.1 Å². The number of rotatable bonds is 4. The van der Waals surface area contributed by atoms with Crippen LogP contribution in [-0.2, 0) is 16.0 Å². The number of hydrogen-bond donors (Lipinski definition) is 0. The number of aryl methyl sites for hydroxylation is 2. The summed E-state index contributed by atoms with van der Waals surface area (Å²) < 4.78 is 70.1. The standard InChI is InChI=1S/C22H18F3N3O3S/c1-13-26-21(22(23,24)25)11-28(13)20-8-7-16(10-18(20)19-12-31-14(2)27-19)15-5-4-6-17(9-15)32(3,29)30/h4-12H,1-3H3. The molecule has 0 radical (unpaired) electrons. The molecule has 0 amide bonds. The van der Waals surface area contributed by atoms with Crippen LogP contribution in [0.2, 0.25) is 0 Å². The first-order chi connectivity index (χ1) is 14.9. The fourth-order valence-electron chi connectivity index (χ4n) is 3.38. The quantitative estimate of drug-likeness (QED) is 0.416. The lowest BCUT2D eigenvalue weighted by Gasteiger charge is -2.13. The van der Waals surface area contributed by atoms with Crippen molar-refractivity contribution in [1.29, 1.82) is 0 Å². The molecular formula is C22H18F3N3O3S. The van der Waals surface area contributed by atoms with Crippen molar-refractivity contribution in [2.24, 2.45) is 0 Å². The third-order valence-electron chi connectivity index (χ3n) is 4.92. The Bertz CT molecular complexity index is 1420. The summed E-state index contributed by atoms with van der Waals surface area (Å²) in [5, 5.41) is 0. The molecule has 4 aromatic rings. The maximum atomic E-state index is 13.2. The summed E-state index contributed by atoms with van der Waals surface area (Å²) in [6.45, 7) is 3.14. The Morgan fingerprint density at radius 3 is 2.31 bits per heavy atom. The molecule has 32 heavy (non-hydrogen) atoms. The van der Waals surface area contributed by atoms with E-state index in [1.54, 1.807) is 43.3 Å². The van der Waals surface area contributed by atoms with E-state index in [4.69, 9.17) is 4.42 Å². The van der Waals surface area contributed by atoms with Crippen molar-refractivity contribution >= 4 is 9.84 Å². The molecule has 0 fully saturated rings. The lowest BCUT2D eigenvalue weighted by atomic mass is 10.00. The number of hydrogen-bond acceptors (Lipinski definition) is 5. The van der Waals surface area contributed by atoms with Crippen LogP contribution in [0.25, 0.3) is 28.1 Å². The summed E-state index contributed by atoms with van der Waals surface area (Å²) in [5.74, 6) is 0.555. The van der Waals surface area contributed by atoms with Gasteiger partial charge in [-0.25, -0.2) is 18.4 Å². The maximum Gasteiger partial charge on any atom is 0.434 e. The summed E-state index contributed by atoms with van der Waals surface area (Å²) in [4.78, 5) is 8.14. The number of aromatic nitrogens is 3. The van der Waals surface area contributed by atoms with Crippen LogP contribution in [0.1, 0.15) is 17.4 Å². The number of halogens is 3. The molecule has 2 heterocycles. The van der Waals surface area contributed by atoms with Crippen molar-refractivity contribution < 1.29 is 26.0 Å². The van der Waals surface area contributed by atoms with Gasteiger partial charge in [-0.05, 0) is 42.3 Å². The van der Waals surface area contributed by atoms with Crippen LogP contribution in [0.5, 0.6) is 0 Å². The first kappa shape index (κ1) is 21.8. The minimum absolute atomic E-state index is 0.158. The predicted octanol–water partition coefficient (Wildman–Crippen LogP) is 5.23. The third-order valence-corrected chi connectivity index (χ3v) is 6.03. The van der Waals surface area contributed by atoms with E-state index in [2.05, 4.69) is 9.97 Å². The normalized spacial score (nSPS) is 12.3. The molecule has 166 valence electrons. The smallest absolute Gasteiger partial charge is 0.434 e. The van der Waals surface area contributed by atoms with Crippen LogP contribution < -0.4 is 0 Å². The molecule has 2 aromatic carbocycles. The number of nitrogens with zero attached hydrogens (tertiary/aromatic N) is 3. The molecule has 0 unspecified atom stereocenters. The van der Waals surface area contributed by atoms with Gasteiger partial charge in [0.25, 0.3) is 0 Å². The second-order valence-corrected chi connectivity index (χ2v) is 9.34. The van der Waals surface area contributed by atoms with E-state index in [-0.39, 0.29) is 10.7 Å². The summed E-state index contributed by atoms with van der Waals surface area (Å²) in [6.07, 6.45) is -1.10. The largest absolute Gasteiger partial charge is 0.449 e. The van der Waals surface area contributed by atoms with Gasteiger partial charge in [0, 0.05) is 24.9 Å². The number of alkyl halides is 3. The van der Waals surface area contributed by atoms with Crippen LogP contribution in [0.15, 0.2) is 64.2 Å². The third kappa shape index (κ3) is 4.18. The summed E-state index contributed by atoms with van der Waals surface area (Å²) >= 11 is 0. The van der Waals surface area contributed by atoms with Crippen LogP contribution >= 0.6 is 0 Å². The zero-order valence-corrected chi connectivity index (χ0v) is 18.1. The number of benzene rings is 2. The minimum atomic E-state index is -4.58. The number of sulfone groups is 1. The molecule has 4 rings (SSSR count). The molecule has 0 aliphatic rings. The Hall–Kier alpha value is -3.40. The first-order valence-corrected chi connectivity index (χ1v) is 11.3. The van der Waals surface area contributed by atoms with Gasteiger partial charge in [-0.2, -0.15) is 13.2 Å². The Balaban J connectivity index is 1.92. The van der Waals surface area contributed by atoms with Crippen molar-refractivity contribution in [3.63, 3.8) is 0 Å². The molecular weight excluding hydrogens is 443 g/mol. The molecule has 0 N–H and O–H groups in total. The van der Waals surface area contributed by atoms with Gasteiger partial charge in [0.05, 0.1) is 10.6 Å². The Labute approximate surface area is 182 Å². The second kappa shape index (κ2) is 7.63. The fraction of sp³-hybridized carbons (Fsp3) is 0.182. The zero-order chi connectivity index (χ0) is 23.3. The monoisotopic (exact) mass is 461 g/mol. The van der Waals surface area contributed by atoms with E-state index in [1.165, 1.54) is 23.8 Å². The minimum Gasteiger partial charge on any atom is -0.449 e. The lowest BCUT2D eigenvalue weighted by Crippen LogP contribution is -2.05. The molecule has 0 bridgehead atoms. The molecule has 6 nitrogen and oxygen atoms in total.